The van der Waals surface area contributed by atoms with E-state index >= 15 is 0 Å². The average Bonchev–Trinajstić information content (AvgIpc) is 3.19. The molecule has 0 spiro atoms. The molecule has 0 radical (unpaired) electrons. The molecular formula is C19H29N3O6S. The van der Waals surface area contributed by atoms with E-state index in [1.807, 2.05) is 6.92 Å². The number of hydrogen-bond donors (Lipinski definition) is 3. The van der Waals surface area contributed by atoms with Crippen LogP contribution in [0.2, 0.25) is 0 Å². The van der Waals surface area contributed by atoms with Crippen LogP contribution in [0, 0.1) is 0 Å². The molecule has 2 amide bonds. The van der Waals surface area contributed by atoms with E-state index in [9.17, 15) is 18.0 Å². The molecule has 1 aliphatic rings. The first-order valence-electron chi connectivity index (χ1n) is 9.76. The van der Waals surface area contributed by atoms with Gasteiger partial charge in [0, 0.05) is 19.1 Å². The summed E-state index contributed by atoms with van der Waals surface area (Å²) >= 11 is 0. The molecule has 162 valence electrons. The molecule has 3 N–H and O–H groups in total. The van der Waals surface area contributed by atoms with Crippen LogP contribution in [0.5, 0.6) is 5.75 Å². The molecule has 0 bridgehead atoms. The number of hydrogen-bond acceptors (Lipinski definition) is 6. The molecule has 29 heavy (non-hydrogen) atoms. The van der Waals surface area contributed by atoms with Gasteiger partial charge in [-0.15, -0.1) is 0 Å². The van der Waals surface area contributed by atoms with Crippen LogP contribution in [-0.2, 0) is 14.8 Å². The van der Waals surface area contributed by atoms with Crippen molar-refractivity contribution < 1.29 is 27.5 Å². The Morgan fingerprint density at radius 2 is 1.90 bits per heavy atom. The molecule has 0 unspecified atom stereocenters. The van der Waals surface area contributed by atoms with Crippen molar-refractivity contribution in [3.63, 3.8) is 0 Å². The molecule has 0 heterocycles. The van der Waals surface area contributed by atoms with Crippen molar-refractivity contribution in [2.75, 3.05) is 26.8 Å². The Bertz CT molecular complexity index is 806. The summed E-state index contributed by atoms with van der Waals surface area (Å²) in [7, 11) is -2.45. The zero-order chi connectivity index (χ0) is 21.3. The SMILES string of the molecule is CCNC(=O)NCCCOC(=O)c1ccc(OC)c(S(=O)(=O)NC2CCCC2)c1. The summed E-state index contributed by atoms with van der Waals surface area (Å²) in [6.07, 6.45) is 4.02. The van der Waals surface area contributed by atoms with Crippen LogP contribution in [0.4, 0.5) is 4.79 Å². The minimum atomic E-state index is -3.82. The number of amides is 2. The van der Waals surface area contributed by atoms with E-state index < -0.39 is 16.0 Å². The summed E-state index contributed by atoms with van der Waals surface area (Å²) in [5.74, 6) is -0.471. The molecule has 1 saturated carbocycles. The van der Waals surface area contributed by atoms with Gasteiger partial charge in [-0.3, -0.25) is 0 Å². The smallest absolute Gasteiger partial charge is 0.338 e. The zero-order valence-corrected chi connectivity index (χ0v) is 17.6. The van der Waals surface area contributed by atoms with Crippen LogP contribution in [0.15, 0.2) is 23.1 Å². The Balaban J connectivity index is 1.97. The molecule has 1 aromatic carbocycles. The number of methoxy groups -OCH3 is 1. The first kappa shape index (κ1) is 23.0. The van der Waals surface area contributed by atoms with E-state index in [1.165, 1.54) is 25.3 Å². The van der Waals surface area contributed by atoms with Gasteiger partial charge < -0.3 is 20.1 Å². The predicted molar refractivity (Wildman–Crippen MR) is 108 cm³/mol. The number of carbonyl (C=O) groups is 2. The lowest BCUT2D eigenvalue weighted by molar-refractivity contribution is 0.0501. The van der Waals surface area contributed by atoms with Crippen molar-refractivity contribution in [2.24, 2.45) is 0 Å². The second-order valence-electron chi connectivity index (χ2n) is 6.74. The molecule has 0 aromatic heterocycles. The van der Waals surface area contributed by atoms with Crippen LogP contribution >= 0.6 is 0 Å². The summed E-state index contributed by atoms with van der Waals surface area (Å²) in [5, 5.41) is 5.23. The van der Waals surface area contributed by atoms with Gasteiger partial charge in [0.1, 0.15) is 10.6 Å². The van der Waals surface area contributed by atoms with Crippen LogP contribution in [-0.4, -0.2) is 53.3 Å². The maximum Gasteiger partial charge on any atom is 0.338 e. The molecule has 0 saturated heterocycles. The number of benzene rings is 1. The van der Waals surface area contributed by atoms with Gasteiger partial charge >= 0.3 is 12.0 Å². The number of carbonyl (C=O) groups excluding carboxylic acids is 2. The minimum Gasteiger partial charge on any atom is -0.495 e. The number of rotatable bonds is 10. The highest BCUT2D eigenvalue weighted by atomic mass is 32.2. The fraction of sp³-hybridized carbons (Fsp3) is 0.579. The van der Waals surface area contributed by atoms with E-state index in [1.54, 1.807) is 0 Å². The Kier molecular flexibility index (Phi) is 8.71. The summed E-state index contributed by atoms with van der Waals surface area (Å²) in [6, 6.07) is 3.79. The topological polar surface area (TPSA) is 123 Å². The van der Waals surface area contributed by atoms with Crippen molar-refractivity contribution in [1.82, 2.24) is 15.4 Å². The number of urea groups is 1. The molecular weight excluding hydrogens is 398 g/mol. The molecule has 10 heteroatoms. The highest BCUT2D eigenvalue weighted by Crippen LogP contribution is 2.27. The third-order valence-electron chi connectivity index (χ3n) is 4.54. The van der Waals surface area contributed by atoms with Gasteiger partial charge in [-0.05, 0) is 44.4 Å². The molecule has 0 atom stereocenters. The first-order valence-corrected chi connectivity index (χ1v) is 11.2. The molecule has 9 nitrogen and oxygen atoms in total. The van der Waals surface area contributed by atoms with E-state index in [0.717, 1.165) is 25.7 Å². The van der Waals surface area contributed by atoms with Gasteiger partial charge in [-0.1, -0.05) is 12.8 Å². The van der Waals surface area contributed by atoms with Crippen molar-refractivity contribution >= 4 is 22.0 Å². The first-order chi connectivity index (χ1) is 13.9. The predicted octanol–water partition coefficient (Wildman–Crippen LogP) is 1.78. The van der Waals surface area contributed by atoms with E-state index in [4.69, 9.17) is 9.47 Å². The fourth-order valence-corrected chi connectivity index (χ4v) is 4.59. The Labute approximate surface area is 171 Å². The summed E-state index contributed by atoms with van der Waals surface area (Å²) in [5.41, 5.74) is 0.120. The maximum absolute atomic E-state index is 12.8. The molecule has 2 rings (SSSR count). The Hall–Kier alpha value is -2.33. The highest BCUT2D eigenvalue weighted by Gasteiger charge is 2.26. The normalized spacial score (nSPS) is 14.4. The quantitative estimate of drug-likeness (QED) is 0.386. The fourth-order valence-electron chi connectivity index (χ4n) is 3.09. The van der Waals surface area contributed by atoms with Crippen molar-refractivity contribution in [2.45, 2.75) is 50.0 Å². The van der Waals surface area contributed by atoms with Crippen LogP contribution in [0.25, 0.3) is 0 Å². The lowest BCUT2D eigenvalue weighted by Crippen LogP contribution is -2.36. The third-order valence-corrected chi connectivity index (χ3v) is 6.08. The zero-order valence-electron chi connectivity index (χ0n) is 16.8. The maximum atomic E-state index is 12.8. The van der Waals surface area contributed by atoms with Crippen LogP contribution < -0.4 is 20.1 Å². The number of nitrogens with one attached hydrogen (secondary N) is 3. The monoisotopic (exact) mass is 427 g/mol. The highest BCUT2D eigenvalue weighted by molar-refractivity contribution is 7.89. The van der Waals surface area contributed by atoms with Gasteiger partial charge in [0.2, 0.25) is 10.0 Å². The minimum absolute atomic E-state index is 0.0840. The molecule has 1 fully saturated rings. The van der Waals surface area contributed by atoms with E-state index in [0.29, 0.717) is 19.5 Å². The van der Waals surface area contributed by atoms with Crippen LogP contribution in [0.3, 0.4) is 0 Å². The van der Waals surface area contributed by atoms with Gasteiger partial charge in [0.25, 0.3) is 0 Å². The summed E-state index contributed by atoms with van der Waals surface area (Å²) in [4.78, 5) is 23.5. The van der Waals surface area contributed by atoms with Crippen molar-refractivity contribution in [3.05, 3.63) is 23.8 Å². The number of sulfonamides is 1. The lowest BCUT2D eigenvalue weighted by Gasteiger charge is -2.15. The number of ether oxygens (including phenoxy) is 2. The van der Waals surface area contributed by atoms with Gasteiger partial charge in [-0.2, -0.15) is 0 Å². The summed E-state index contributed by atoms with van der Waals surface area (Å²) < 4.78 is 38.6. The van der Waals surface area contributed by atoms with Crippen LogP contribution in [0.1, 0.15) is 49.4 Å². The van der Waals surface area contributed by atoms with E-state index in [2.05, 4.69) is 15.4 Å². The van der Waals surface area contributed by atoms with Gasteiger partial charge in [-0.25, -0.2) is 22.7 Å². The molecule has 1 aromatic rings. The number of esters is 1. The van der Waals surface area contributed by atoms with Crippen molar-refractivity contribution in [3.8, 4) is 5.75 Å². The standard InChI is InChI=1S/C19H29N3O6S/c1-3-20-19(24)21-11-6-12-28-18(23)14-9-10-16(27-2)17(13-14)29(25,26)22-15-7-4-5-8-15/h9-10,13,15,22H,3-8,11-12H2,1-2H3,(H2,20,21,24). The second-order valence-corrected chi connectivity index (χ2v) is 8.43. The van der Waals surface area contributed by atoms with Crippen molar-refractivity contribution in [1.29, 1.82) is 0 Å². The Morgan fingerprint density at radius 3 is 2.55 bits per heavy atom. The lowest BCUT2D eigenvalue weighted by atomic mass is 10.2. The summed E-state index contributed by atoms with van der Waals surface area (Å²) in [6.45, 7) is 2.79. The molecule has 0 aliphatic heterocycles. The van der Waals surface area contributed by atoms with Gasteiger partial charge in [0.15, 0.2) is 0 Å². The van der Waals surface area contributed by atoms with E-state index in [-0.39, 0.29) is 34.9 Å². The average molecular weight is 428 g/mol. The third kappa shape index (κ3) is 6.90. The molecule has 1 aliphatic carbocycles. The second kappa shape index (κ2) is 11.0. The van der Waals surface area contributed by atoms with Gasteiger partial charge in [0.05, 0.1) is 19.3 Å². The Morgan fingerprint density at radius 1 is 1.17 bits per heavy atom. The largest absolute Gasteiger partial charge is 0.495 e.